The number of carbonyl (C=O) groups excluding carboxylic acids is 1. The van der Waals surface area contributed by atoms with Gasteiger partial charge in [0, 0.05) is 12.0 Å². The molecule has 3 heteroatoms. The molecule has 0 aliphatic rings. The fourth-order valence-electron chi connectivity index (χ4n) is 1.08. The first-order chi connectivity index (χ1) is 5.65. The smallest absolute Gasteiger partial charge is 0.177 e. The molecule has 0 aliphatic carbocycles. The molecule has 0 N–H and O–H groups in total. The van der Waals surface area contributed by atoms with E-state index in [4.69, 9.17) is 4.74 Å². The predicted octanol–water partition coefficient (Wildman–Crippen LogP) is 2.20. The number of rotatable bonds is 3. The van der Waals surface area contributed by atoms with Crippen molar-refractivity contribution in [3.63, 3.8) is 0 Å². The van der Waals surface area contributed by atoms with Gasteiger partial charge < -0.3 is 4.74 Å². The molecule has 0 amide bonds. The molecule has 1 rings (SSSR count). The van der Waals surface area contributed by atoms with E-state index in [0.717, 1.165) is 16.2 Å². The van der Waals surface area contributed by atoms with E-state index < -0.39 is 0 Å². The van der Waals surface area contributed by atoms with Crippen LogP contribution < -0.4 is 4.74 Å². The highest BCUT2D eigenvalue weighted by atomic mass is 32.1. The number of aryl methyl sites for hydroxylation is 1. The average Bonchev–Trinajstić information content (AvgIpc) is 2.32. The van der Waals surface area contributed by atoms with Crippen molar-refractivity contribution in [3.05, 3.63) is 16.5 Å². The second-order valence-corrected chi connectivity index (χ2v) is 3.61. The number of carbonyl (C=O) groups is 1. The minimum atomic E-state index is 0.176. The van der Waals surface area contributed by atoms with Crippen molar-refractivity contribution in [2.24, 2.45) is 0 Å². The van der Waals surface area contributed by atoms with Crippen molar-refractivity contribution in [2.75, 3.05) is 7.11 Å². The highest BCUT2D eigenvalue weighted by molar-refractivity contribution is 7.12. The Hall–Kier alpha value is -0.830. The van der Waals surface area contributed by atoms with E-state index in [1.807, 2.05) is 12.3 Å². The molecule has 0 spiro atoms. The highest BCUT2D eigenvalue weighted by Crippen LogP contribution is 2.30. The lowest BCUT2D eigenvalue weighted by molar-refractivity contribution is -0.116. The van der Waals surface area contributed by atoms with Crippen molar-refractivity contribution in [1.29, 1.82) is 0 Å². The lowest BCUT2D eigenvalue weighted by Gasteiger charge is -2.00. The Balaban J connectivity index is 2.94. The van der Waals surface area contributed by atoms with E-state index in [1.54, 1.807) is 25.4 Å². The molecule has 0 saturated heterocycles. The minimum Gasteiger partial charge on any atom is -0.487 e. The van der Waals surface area contributed by atoms with Crippen LogP contribution in [0.15, 0.2) is 5.38 Å². The summed E-state index contributed by atoms with van der Waals surface area (Å²) in [5.74, 6) is 0.176. The molecule has 0 aromatic carbocycles. The van der Waals surface area contributed by atoms with Gasteiger partial charge in [-0.25, -0.2) is 0 Å². The number of Topliss-reactive ketones (excluding diaryl/α,β-unsaturated/α-hetero) is 1. The molecule has 12 heavy (non-hydrogen) atoms. The van der Waals surface area contributed by atoms with Crippen molar-refractivity contribution in [3.8, 4) is 5.06 Å². The quantitative estimate of drug-likeness (QED) is 0.719. The Morgan fingerprint density at radius 1 is 1.67 bits per heavy atom. The zero-order valence-corrected chi connectivity index (χ0v) is 8.33. The van der Waals surface area contributed by atoms with Crippen molar-refractivity contribution in [2.45, 2.75) is 20.3 Å². The summed E-state index contributed by atoms with van der Waals surface area (Å²) in [5, 5.41) is 2.87. The van der Waals surface area contributed by atoms with E-state index in [1.165, 1.54) is 0 Å². The van der Waals surface area contributed by atoms with Gasteiger partial charge >= 0.3 is 0 Å². The maximum absolute atomic E-state index is 10.9. The Bertz CT molecular complexity index is 289. The first-order valence-corrected chi connectivity index (χ1v) is 4.63. The van der Waals surface area contributed by atoms with Crippen molar-refractivity contribution < 1.29 is 9.53 Å². The Morgan fingerprint density at radius 3 is 2.83 bits per heavy atom. The summed E-state index contributed by atoms with van der Waals surface area (Å²) in [4.78, 5) is 10.9. The highest BCUT2D eigenvalue weighted by Gasteiger charge is 2.10. The average molecular weight is 184 g/mol. The van der Waals surface area contributed by atoms with Crippen LogP contribution in [0.5, 0.6) is 5.06 Å². The molecule has 1 aromatic rings. The Labute approximate surface area is 76.2 Å². The number of ketones is 1. The van der Waals surface area contributed by atoms with Gasteiger partial charge in [0.2, 0.25) is 0 Å². The lowest BCUT2D eigenvalue weighted by Crippen LogP contribution is -1.98. The number of ether oxygens (including phenoxy) is 1. The molecule has 2 nitrogen and oxygen atoms in total. The first kappa shape index (κ1) is 9.26. The normalized spacial score (nSPS) is 9.92. The Morgan fingerprint density at radius 2 is 2.33 bits per heavy atom. The van der Waals surface area contributed by atoms with Crippen molar-refractivity contribution >= 4 is 17.1 Å². The van der Waals surface area contributed by atoms with Gasteiger partial charge in [-0.15, -0.1) is 11.3 Å². The van der Waals surface area contributed by atoms with Crippen LogP contribution in [0.1, 0.15) is 18.1 Å². The van der Waals surface area contributed by atoms with E-state index in [2.05, 4.69) is 0 Å². The molecule has 0 bridgehead atoms. The van der Waals surface area contributed by atoms with E-state index in [9.17, 15) is 4.79 Å². The number of methoxy groups -OCH3 is 1. The predicted molar refractivity (Wildman–Crippen MR) is 50.0 cm³/mol. The van der Waals surface area contributed by atoms with Crippen LogP contribution in [0.3, 0.4) is 0 Å². The molecule has 1 heterocycles. The molecule has 0 radical (unpaired) electrons. The fourth-order valence-corrected chi connectivity index (χ4v) is 1.97. The molecule has 0 unspecified atom stereocenters. The maximum Gasteiger partial charge on any atom is 0.177 e. The zero-order valence-electron chi connectivity index (χ0n) is 7.51. The van der Waals surface area contributed by atoms with Crippen LogP contribution in [0.25, 0.3) is 0 Å². The molecule has 0 fully saturated rings. The van der Waals surface area contributed by atoms with Crippen LogP contribution in [0, 0.1) is 6.92 Å². The topological polar surface area (TPSA) is 26.3 Å². The lowest BCUT2D eigenvalue weighted by atomic mass is 10.1. The summed E-state index contributed by atoms with van der Waals surface area (Å²) >= 11 is 1.54. The van der Waals surface area contributed by atoms with Crippen LogP contribution in [0.4, 0.5) is 0 Å². The third-order valence-electron chi connectivity index (χ3n) is 1.68. The van der Waals surface area contributed by atoms with Gasteiger partial charge in [-0.05, 0) is 24.8 Å². The van der Waals surface area contributed by atoms with E-state index >= 15 is 0 Å². The molecular formula is C9H12O2S. The number of thiophene rings is 1. The molecule has 1 aromatic heterocycles. The minimum absolute atomic E-state index is 0.176. The summed E-state index contributed by atoms with van der Waals surface area (Å²) in [6.07, 6.45) is 0.485. The summed E-state index contributed by atoms with van der Waals surface area (Å²) in [5.41, 5.74) is 2.18. The fraction of sp³-hybridized carbons (Fsp3) is 0.444. The third-order valence-corrected chi connectivity index (χ3v) is 2.77. The van der Waals surface area contributed by atoms with Gasteiger partial charge in [-0.1, -0.05) is 0 Å². The summed E-state index contributed by atoms with van der Waals surface area (Å²) in [6, 6.07) is 0. The van der Waals surface area contributed by atoms with Gasteiger partial charge in [0.15, 0.2) is 5.06 Å². The van der Waals surface area contributed by atoms with E-state index in [-0.39, 0.29) is 5.78 Å². The number of hydrogen-bond acceptors (Lipinski definition) is 3. The largest absolute Gasteiger partial charge is 0.487 e. The van der Waals surface area contributed by atoms with Gasteiger partial charge in [-0.3, -0.25) is 4.79 Å². The standard InChI is InChI=1S/C9H12O2S/c1-6-5-12-9(11-3)8(6)4-7(2)10/h5H,4H2,1-3H3. The molecule has 0 aliphatic heterocycles. The summed E-state index contributed by atoms with van der Waals surface area (Å²) in [7, 11) is 1.63. The van der Waals surface area contributed by atoms with Crippen LogP contribution in [0.2, 0.25) is 0 Å². The third kappa shape index (κ3) is 1.85. The van der Waals surface area contributed by atoms with Crippen molar-refractivity contribution in [1.82, 2.24) is 0 Å². The van der Waals surface area contributed by atoms with Crippen LogP contribution in [-0.2, 0) is 11.2 Å². The second kappa shape index (κ2) is 3.72. The van der Waals surface area contributed by atoms with Gasteiger partial charge in [0.25, 0.3) is 0 Å². The SMILES string of the molecule is COc1scc(C)c1CC(C)=O. The van der Waals surface area contributed by atoms with Crippen LogP contribution >= 0.6 is 11.3 Å². The summed E-state index contributed by atoms with van der Waals surface area (Å²) < 4.78 is 5.13. The molecule has 0 atom stereocenters. The van der Waals surface area contributed by atoms with E-state index in [0.29, 0.717) is 6.42 Å². The number of hydrogen-bond donors (Lipinski definition) is 0. The zero-order chi connectivity index (χ0) is 9.14. The second-order valence-electron chi connectivity index (χ2n) is 2.77. The first-order valence-electron chi connectivity index (χ1n) is 3.75. The van der Waals surface area contributed by atoms with Gasteiger partial charge in [-0.2, -0.15) is 0 Å². The maximum atomic E-state index is 10.9. The van der Waals surface area contributed by atoms with Crippen LogP contribution in [-0.4, -0.2) is 12.9 Å². The van der Waals surface area contributed by atoms with Gasteiger partial charge in [0.1, 0.15) is 5.78 Å². The molecule has 66 valence electrons. The molecule has 0 saturated carbocycles. The van der Waals surface area contributed by atoms with Gasteiger partial charge in [0.05, 0.1) is 7.11 Å². The Kier molecular flexibility index (Phi) is 2.87. The summed E-state index contributed by atoms with van der Waals surface area (Å²) in [6.45, 7) is 3.59. The monoisotopic (exact) mass is 184 g/mol. The molecular weight excluding hydrogens is 172 g/mol.